The first-order chi connectivity index (χ1) is 17.4. The minimum atomic E-state index is -0.619. The Balaban J connectivity index is 1.43. The minimum absolute atomic E-state index is 0.322. The highest BCUT2D eigenvalue weighted by molar-refractivity contribution is 7.99. The van der Waals surface area contributed by atoms with Crippen molar-refractivity contribution in [2.24, 2.45) is 0 Å². The molecule has 1 aromatic heterocycles. The Labute approximate surface area is 213 Å². The van der Waals surface area contributed by atoms with Crippen LogP contribution >= 0.6 is 11.8 Å². The van der Waals surface area contributed by atoms with Crippen LogP contribution in [0.15, 0.2) is 82.6 Å². The molecule has 0 aliphatic rings. The van der Waals surface area contributed by atoms with Crippen molar-refractivity contribution in [2.45, 2.75) is 30.6 Å². The van der Waals surface area contributed by atoms with E-state index in [1.54, 1.807) is 41.1 Å². The number of rotatable bonds is 7. The molecule has 180 valence electrons. The number of anilines is 1. The van der Waals surface area contributed by atoms with Gasteiger partial charge in [-0.05, 0) is 57.2 Å². The van der Waals surface area contributed by atoms with Crippen molar-refractivity contribution < 1.29 is 14.3 Å². The Morgan fingerprint density at radius 3 is 2.36 bits per heavy atom. The molecule has 0 spiro atoms. The van der Waals surface area contributed by atoms with Crippen LogP contribution in [-0.2, 0) is 9.53 Å². The number of esters is 1. The summed E-state index contributed by atoms with van der Waals surface area (Å²) < 4.78 is 7.09. The largest absolute Gasteiger partial charge is 0.452 e. The van der Waals surface area contributed by atoms with Gasteiger partial charge in [-0.1, -0.05) is 53.7 Å². The highest BCUT2D eigenvalue weighted by Crippen LogP contribution is 2.33. The van der Waals surface area contributed by atoms with Crippen molar-refractivity contribution in [1.29, 1.82) is 5.26 Å². The highest BCUT2D eigenvalue weighted by Gasteiger charge is 2.19. The molecule has 4 rings (SSSR count). The number of nitrogens with one attached hydrogen (secondary N) is 1. The molecule has 0 bridgehead atoms. The normalized spacial score (nSPS) is 10.5. The van der Waals surface area contributed by atoms with E-state index in [1.807, 2.05) is 57.2 Å². The van der Waals surface area contributed by atoms with Gasteiger partial charge in [-0.2, -0.15) is 10.4 Å². The Morgan fingerprint density at radius 2 is 1.64 bits per heavy atom. The van der Waals surface area contributed by atoms with Crippen LogP contribution < -0.4 is 5.32 Å². The second-order valence-corrected chi connectivity index (χ2v) is 9.21. The molecule has 8 heteroatoms. The molecule has 1 heterocycles. The number of carbonyl (C=O) groups is 2. The molecule has 36 heavy (non-hydrogen) atoms. The third-order valence-corrected chi connectivity index (χ3v) is 6.65. The topological polar surface area (TPSA) is 97.0 Å². The van der Waals surface area contributed by atoms with E-state index in [0.717, 1.165) is 21.8 Å². The molecule has 4 aromatic rings. The molecule has 0 atom stereocenters. The van der Waals surface area contributed by atoms with E-state index in [9.17, 15) is 14.9 Å². The van der Waals surface area contributed by atoms with E-state index >= 15 is 0 Å². The fraction of sp³-hybridized carbons (Fsp3) is 0.143. The van der Waals surface area contributed by atoms with Gasteiger partial charge in [0.15, 0.2) is 6.61 Å². The van der Waals surface area contributed by atoms with Gasteiger partial charge in [0.1, 0.15) is 6.07 Å². The van der Waals surface area contributed by atoms with Crippen LogP contribution in [0.2, 0.25) is 0 Å². The number of nitriles is 1. The summed E-state index contributed by atoms with van der Waals surface area (Å²) in [6.07, 6.45) is 0. The van der Waals surface area contributed by atoms with Gasteiger partial charge in [-0.3, -0.25) is 4.79 Å². The number of aryl methyl sites for hydroxylation is 2. The lowest BCUT2D eigenvalue weighted by Crippen LogP contribution is -2.21. The SMILES string of the molecule is Cc1ccc(-n2nc(C)c(NC(=O)COC(=O)c3ccccc3Sc3ccccc3C#N)c2C)cc1. The molecule has 0 aliphatic carbocycles. The molecule has 1 amide bonds. The third-order valence-electron chi connectivity index (χ3n) is 5.50. The third kappa shape index (κ3) is 5.48. The lowest BCUT2D eigenvalue weighted by Gasteiger charge is -2.11. The summed E-state index contributed by atoms with van der Waals surface area (Å²) in [4.78, 5) is 26.8. The van der Waals surface area contributed by atoms with Crippen molar-refractivity contribution in [2.75, 3.05) is 11.9 Å². The second-order valence-electron chi connectivity index (χ2n) is 8.12. The molecule has 0 saturated heterocycles. The fourth-order valence-electron chi connectivity index (χ4n) is 3.64. The molecule has 0 fully saturated rings. The summed E-state index contributed by atoms with van der Waals surface area (Å²) in [5.74, 6) is -1.08. The van der Waals surface area contributed by atoms with E-state index in [4.69, 9.17) is 4.74 Å². The van der Waals surface area contributed by atoms with E-state index in [0.29, 0.717) is 27.4 Å². The van der Waals surface area contributed by atoms with E-state index in [1.165, 1.54) is 11.8 Å². The number of hydrogen-bond acceptors (Lipinski definition) is 6. The zero-order chi connectivity index (χ0) is 25.7. The number of hydrogen-bond donors (Lipinski definition) is 1. The Kier molecular flexibility index (Phi) is 7.52. The van der Waals surface area contributed by atoms with Crippen molar-refractivity contribution in [3.8, 4) is 11.8 Å². The summed E-state index contributed by atoms with van der Waals surface area (Å²) in [5.41, 5.74) is 4.88. The summed E-state index contributed by atoms with van der Waals surface area (Å²) in [6, 6.07) is 24.2. The lowest BCUT2D eigenvalue weighted by atomic mass is 10.2. The van der Waals surface area contributed by atoms with Crippen LogP contribution in [0.3, 0.4) is 0 Å². The maximum absolute atomic E-state index is 12.8. The molecular formula is C28H24N4O3S. The molecule has 0 aliphatic heterocycles. The molecule has 0 saturated carbocycles. The van der Waals surface area contributed by atoms with E-state index in [-0.39, 0.29) is 0 Å². The zero-order valence-corrected chi connectivity index (χ0v) is 20.9. The van der Waals surface area contributed by atoms with Crippen LogP contribution in [0, 0.1) is 32.1 Å². The minimum Gasteiger partial charge on any atom is -0.452 e. The van der Waals surface area contributed by atoms with Gasteiger partial charge in [0, 0.05) is 9.79 Å². The quantitative estimate of drug-likeness (QED) is 0.334. The number of carbonyl (C=O) groups excluding carboxylic acids is 2. The van der Waals surface area contributed by atoms with Crippen molar-refractivity contribution in [3.63, 3.8) is 0 Å². The fourth-order valence-corrected chi connectivity index (χ4v) is 4.65. The number of amides is 1. The van der Waals surface area contributed by atoms with Crippen LogP contribution in [-0.4, -0.2) is 28.3 Å². The van der Waals surface area contributed by atoms with Gasteiger partial charge >= 0.3 is 5.97 Å². The van der Waals surface area contributed by atoms with Gasteiger partial charge in [-0.15, -0.1) is 0 Å². The summed E-state index contributed by atoms with van der Waals surface area (Å²) in [7, 11) is 0. The molecule has 0 radical (unpaired) electrons. The highest BCUT2D eigenvalue weighted by atomic mass is 32.2. The van der Waals surface area contributed by atoms with Gasteiger partial charge in [-0.25, -0.2) is 9.48 Å². The van der Waals surface area contributed by atoms with Crippen LogP contribution in [0.5, 0.6) is 0 Å². The number of aromatic nitrogens is 2. The first-order valence-corrected chi connectivity index (χ1v) is 12.0. The number of nitrogens with zero attached hydrogens (tertiary/aromatic N) is 3. The summed E-state index contributed by atoms with van der Waals surface area (Å²) in [6.45, 7) is 5.25. The van der Waals surface area contributed by atoms with Crippen molar-refractivity contribution in [3.05, 3.63) is 101 Å². The standard InChI is InChI=1S/C28H24N4O3S/c1-18-12-14-22(15-13-18)32-20(3)27(19(2)31-32)30-26(33)17-35-28(34)23-9-5-7-11-25(23)36-24-10-6-4-8-21(24)16-29/h4-15H,17H2,1-3H3,(H,30,33). The van der Waals surface area contributed by atoms with Gasteiger partial charge in [0.25, 0.3) is 5.91 Å². The molecule has 1 N–H and O–H groups in total. The Morgan fingerprint density at radius 1 is 0.972 bits per heavy atom. The van der Waals surface area contributed by atoms with E-state index in [2.05, 4.69) is 16.5 Å². The Bertz CT molecular complexity index is 1470. The summed E-state index contributed by atoms with van der Waals surface area (Å²) in [5, 5.41) is 16.7. The predicted octanol–water partition coefficient (Wildman–Crippen LogP) is 5.62. The summed E-state index contributed by atoms with van der Waals surface area (Å²) >= 11 is 1.30. The monoisotopic (exact) mass is 496 g/mol. The predicted molar refractivity (Wildman–Crippen MR) is 138 cm³/mol. The van der Waals surface area contributed by atoms with Crippen LogP contribution in [0.1, 0.15) is 32.9 Å². The van der Waals surface area contributed by atoms with Gasteiger partial charge in [0.2, 0.25) is 0 Å². The molecular weight excluding hydrogens is 472 g/mol. The average molecular weight is 497 g/mol. The number of ether oxygens (including phenoxy) is 1. The Hall–Kier alpha value is -4.35. The molecule has 0 unspecified atom stereocenters. The smallest absolute Gasteiger partial charge is 0.339 e. The van der Waals surface area contributed by atoms with Crippen molar-refractivity contribution in [1.82, 2.24) is 9.78 Å². The lowest BCUT2D eigenvalue weighted by molar-refractivity contribution is -0.119. The van der Waals surface area contributed by atoms with Crippen LogP contribution in [0.4, 0.5) is 5.69 Å². The van der Waals surface area contributed by atoms with E-state index < -0.39 is 18.5 Å². The average Bonchev–Trinajstić information content (AvgIpc) is 3.16. The number of benzene rings is 3. The first-order valence-electron chi connectivity index (χ1n) is 11.2. The maximum atomic E-state index is 12.8. The molecule has 3 aromatic carbocycles. The van der Waals surface area contributed by atoms with Crippen LogP contribution in [0.25, 0.3) is 5.69 Å². The first kappa shape index (κ1) is 24.8. The van der Waals surface area contributed by atoms with Crippen molar-refractivity contribution >= 4 is 29.3 Å². The zero-order valence-electron chi connectivity index (χ0n) is 20.1. The maximum Gasteiger partial charge on any atom is 0.339 e. The molecule has 7 nitrogen and oxygen atoms in total. The van der Waals surface area contributed by atoms with Gasteiger partial charge < -0.3 is 10.1 Å². The van der Waals surface area contributed by atoms with Gasteiger partial charge in [0.05, 0.1) is 33.9 Å². The second kappa shape index (κ2) is 10.9.